The Morgan fingerprint density at radius 1 is 0.930 bits per heavy atom. The van der Waals surface area contributed by atoms with Gasteiger partial charge in [-0.15, -0.1) is 0 Å². The quantitative estimate of drug-likeness (QED) is 0.220. The van der Waals surface area contributed by atoms with Gasteiger partial charge in [-0.1, -0.05) is 65.0 Å². The number of carbonyl (C=O) groups excluding carboxylic acids is 4. The Labute approximate surface area is 259 Å². The van der Waals surface area contributed by atoms with Gasteiger partial charge in [-0.05, 0) is 61.0 Å². The summed E-state index contributed by atoms with van der Waals surface area (Å²) in [5.74, 6) is -2.96. The monoisotopic (exact) mass is 633 g/mol. The molecule has 0 radical (unpaired) electrons. The summed E-state index contributed by atoms with van der Waals surface area (Å²) in [7, 11) is 0. The zero-order valence-electron chi connectivity index (χ0n) is 22.7. The summed E-state index contributed by atoms with van der Waals surface area (Å²) in [5, 5.41) is 2.96. The zero-order valence-corrected chi connectivity index (χ0v) is 25.1. The first kappa shape index (κ1) is 28.9. The molecule has 43 heavy (non-hydrogen) atoms. The van der Waals surface area contributed by atoms with Crippen molar-refractivity contribution in [3.05, 3.63) is 110 Å². The van der Waals surface area contributed by atoms with Gasteiger partial charge in [0.2, 0.25) is 17.7 Å². The van der Waals surface area contributed by atoms with E-state index in [9.17, 15) is 24.0 Å². The van der Waals surface area contributed by atoms with Gasteiger partial charge in [-0.2, -0.15) is 0 Å². The number of imide groups is 1. The van der Waals surface area contributed by atoms with E-state index in [0.717, 1.165) is 28.7 Å². The van der Waals surface area contributed by atoms with Gasteiger partial charge in [0.1, 0.15) is 11.8 Å². The largest absolute Gasteiger partial charge is 0.462 e. The number of esters is 1. The average molecular weight is 634 g/mol. The molecule has 3 atom stereocenters. The summed E-state index contributed by atoms with van der Waals surface area (Å²) < 4.78 is 6.34. The van der Waals surface area contributed by atoms with Crippen LogP contribution in [0.25, 0.3) is 0 Å². The normalized spacial score (nSPS) is 19.1. The number of anilines is 2. The van der Waals surface area contributed by atoms with Crippen LogP contribution in [-0.4, -0.2) is 40.1 Å². The molecule has 1 fully saturated rings. The Hall–Kier alpha value is -4.19. The summed E-state index contributed by atoms with van der Waals surface area (Å²) in [6.07, 6.45) is 0. The number of benzene rings is 3. The maximum Gasteiger partial charge on any atom is 0.338 e. The van der Waals surface area contributed by atoms with Gasteiger partial charge >= 0.3 is 10.8 Å². The third-order valence-corrected chi connectivity index (χ3v) is 10.1. The Morgan fingerprint density at radius 2 is 1.63 bits per heavy atom. The second-order valence-electron chi connectivity index (χ2n) is 9.91. The highest BCUT2D eigenvalue weighted by atomic mass is 35.5. The standard InChI is InChI=1S/C31H24ClN3O6S2/c1-2-41-30(39)18-10-14-20(15-11-18)33-22(36)16-34-29-26(43-31(34)40)23(17-8-12-19(32)13-9-17)24-25(42-29)28(38)35(27(24)37)21-6-4-3-5-7-21/h3-15,23-25H,2,16H2,1H3,(H,33,36)/t23-,24-,25+/m0/s1. The first-order valence-electron chi connectivity index (χ1n) is 13.4. The number of thioether (sulfide) groups is 1. The van der Waals surface area contributed by atoms with Gasteiger partial charge in [-0.3, -0.25) is 23.7 Å². The lowest BCUT2D eigenvalue weighted by atomic mass is 9.83. The number of amides is 3. The van der Waals surface area contributed by atoms with Gasteiger partial charge in [0, 0.05) is 21.5 Å². The number of fused-ring (bicyclic) bond motifs is 2. The number of nitrogens with zero attached hydrogens (tertiary/aromatic N) is 2. The fraction of sp³-hybridized carbons (Fsp3) is 0.194. The molecule has 2 aliphatic heterocycles. The molecule has 3 heterocycles. The minimum absolute atomic E-state index is 0.250. The second-order valence-corrected chi connectivity index (χ2v) is 12.5. The Balaban J connectivity index is 1.33. The first-order valence-corrected chi connectivity index (χ1v) is 15.5. The number of hydrogen-bond donors (Lipinski definition) is 1. The molecule has 3 aromatic carbocycles. The highest BCUT2D eigenvalue weighted by Crippen LogP contribution is 2.53. The van der Waals surface area contributed by atoms with Crippen molar-refractivity contribution < 1.29 is 23.9 Å². The zero-order chi connectivity index (χ0) is 30.2. The van der Waals surface area contributed by atoms with Crippen LogP contribution < -0.4 is 15.1 Å². The van der Waals surface area contributed by atoms with Crippen LogP contribution in [0.5, 0.6) is 0 Å². The van der Waals surface area contributed by atoms with E-state index in [1.54, 1.807) is 79.7 Å². The van der Waals surface area contributed by atoms with Crippen molar-refractivity contribution in [3.8, 4) is 0 Å². The predicted octanol–water partition coefficient (Wildman–Crippen LogP) is 5.17. The number of thiazole rings is 1. The minimum Gasteiger partial charge on any atom is -0.462 e. The lowest BCUT2D eigenvalue weighted by molar-refractivity contribution is -0.122. The van der Waals surface area contributed by atoms with Crippen LogP contribution in [-0.2, 0) is 25.7 Å². The number of para-hydroxylation sites is 1. The molecule has 0 unspecified atom stereocenters. The van der Waals surface area contributed by atoms with Gasteiger partial charge in [0.15, 0.2) is 0 Å². The molecule has 0 spiro atoms. The van der Waals surface area contributed by atoms with E-state index in [0.29, 0.717) is 31.9 Å². The molecular weight excluding hydrogens is 610 g/mol. The summed E-state index contributed by atoms with van der Waals surface area (Å²) in [6.45, 7) is 1.67. The van der Waals surface area contributed by atoms with E-state index in [4.69, 9.17) is 16.3 Å². The van der Waals surface area contributed by atoms with Crippen molar-refractivity contribution >= 4 is 69.8 Å². The van der Waals surface area contributed by atoms with Gasteiger partial charge in [0.05, 0.1) is 28.8 Å². The molecule has 0 bridgehead atoms. The van der Waals surface area contributed by atoms with E-state index in [1.165, 1.54) is 9.47 Å². The molecule has 0 aliphatic carbocycles. The fourth-order valence-electron chi connectivity index (χ4n) is 5.36. The van der Waals surface area contributed by atoms with E-state index in [1.807, 2.05) is 6.07 Å². The molecule has 4 aromatic rings. The molecule has 0 saturated carbocycles. The number of ether oxygens (including phenoxy) is 1. The summed E-state index contributed by atoms with van der Waals surface area (Å²) in [6, 6.07) is 22.0. The lowest BCUT2D eigenvalue weighted by Gasteiger charge is -2.30. The summed E-state index contributed by atoms with van der Waals surface area (Å²) >= 11 is 8.28. The summed E-state index contributed by atoms with van der Waals surface area (Å²) in [4.78, 5) is 67.4. The molecule has 9 nitrogen and oxygen atoms in total. The Bertz CT molecular complexity index is 1790. The summed E-state index contributed by atoms with van der Waals surface area (Å²) in [5.41, 5.74) is 2.02. The maximum atomic E-state index is 13.9. The van der Waals surface area contributed by atoms with Crippen LogP contribution in [0.1, 0.15) is 33.6 Å². The van der Waals surface area contributed by atoms with Crippen molar-refractivity contribution in [3.63, 3.8) is 0 Å². The Kier molecular flexibility index (Phi) is 7.95. The van der Waals surface area contributed by atoms with Gasteiger partial charge in [0.25, 0.3) is 0 Å². The molecular formula is C31H24ClN3O6S2. The van der Waals surface area contributed by atoms with Crippen molar-refractivity contribution in [1.82, 2.24) is 4.57 Å². The topological polar surface area (TPSA) is 115 Å². The number of rotatable bonds is 7. The smallest absolute Gasteiger partial charge is 0.338 e. The van der Waals surface area contributed by atoms with Crippen molar-refractivity contribution in [1.29, 1.82) is 0 Å². The van der Waals surface area contributed by atoms with Crippen molar-refractivity contribution in [2.24, 2.45) is 5.92 Å². The van der Waals surface area contributed by atoms with Crippen molar-refractivity contribution in [2.75, 3.05) is 16.8 Å². The van der Waals surface area contributed by atoms with Crippen LogP contribution in [0.3, 0.4) is 0 Å². The van der Waals surface area contributed by atoms with Crippen LogP contribution >= 0.6 is 34.7 Å². The van der Waals surface area contributed by atoms with Gasteiger partial charge < -0.3 is 10.1 Å². The highest BCUT2D eigenvalue weighted by molar-refractivity contribution is 8.00. The fourth-order valence-corrected chi connectivity index (χ4v) is 8.26. The number of hydrogen-bond acceptors (Lipinski definition) is 8. The number of halogens is 1. The van der Waals surface area contributed by atoms with E-state index < -0.39 is 29.0 Å². The van der Waals surface area contributed by atoms with Crippen LogP contribution in [0.4, 0.5) is 11.4 Å². The third-order valence-electron chi connectivity index (χ3n) is 7.27. The Morgan fingerprint density at radius 3 is 2.30 bits per heavy atom. The van der Waals surface area contributed by atoms with Crippen LogP contribution in [0, 0.1) is 5.92 Å². The SMILES string of the molecule is CCOC(=O)c1ccc(NC(=O)Cn2c3c(sc2=O)[C@@H](c2ccc(Cl)cc2)[C@@H]2C(=O)N(c4ccccc4)C(=O)[C@@H]2S3)cc1. The molecule has 1 N–H and O–H groups in total. The highest BCUT2D eigenvalue weighted by Gasteiger charge is 2.56. The van der Waals surface area contributed by atoms with E-state index in [-0.39, 0.29) is 29.8 Å². The van der Waals surface area contributed by atoms with Crippen molar-refractivity contribution in [2.45, 2.75) is 29.7 Å². The molecule has 1 aromatic heterocycles. The van der Waals surface area contributed by atoms with E-state index in [2.05, 4.69) is 5.32 Å². The van der Waals surface area contributed by atoms with E-state index >= 15 is 0 Å². The second kappa shape index (κ2) is 11.8. The minimum atomic E-state index is -0.792. The molecule has 218 valence electrons. The predicted molar refractivity (Wildman–Crippen MR) is 165 cm³/mol. The molecule has 6 rings (SSSR count). The number of nitrogens with one attached hydrogen (secondary N) is 1. The first-order chi connectivity index (χ1) is 20.8. The maximum absolute atomic E-state index is 13.9. The average Bonchev–Trinajstić information content (AvgIpc) is 3.44. The molecule has 12 heteroatoms. The molecule has 1 saturated heterocycles. The van der Waals surface area contributed by atoms with Gasteiger partial charge in [-0.25, -0.2) is 9.69 Å². The molecule has 2 aliphatic rings. The third kappa shape index (κ3) is 5.39. The molecule has 3 amide bonds. The van der Waals surface area contributed by atoms with Crippen LogP contribution in [0.2, 0.25) is 5.02 Å². The van der Waals surface area contributed by atoms with Crippen LogP contribution in [0.15, 0.2) is 88.7 Å². The number of aromatic nitrogens is 1. The number of carbonyl (C=O) groups is 4. The lowest BCUT2D eigenvalue weighted by Crippen LogP contribution is -2.33.